The molecule has 2 aliphatic carbocycles. The number of amides is 1. The molecule has 0 aromatic carbocycles. The molecule has 0 saturated heterocycles. The number of aliphatic carboxylic acids is 1. The van der Waals surface area contributed by atoms with Crippen LogP contribution < -0.4 is 10.6 Å². The lowest BCUT2D eigenvalue weighted by Crippen LogP contribution is -2.53. The Bertz CT molecular complexity index is 294. The van der Waals surface area contributed by atoms with Gasteiger partial charge in [0.2, 0.25) is 5.91 Å². The summed E-state index contributed by atoms with van der Waals surface area (Å²) < 4.78 is 0. The third-order valence-corrected chi connectivity index (χ3v) is 3.40. The van der Waals surface area contributed by atoms with E-state index in [1.54, 1.807) is 0 Å². The summed E-state index contributed by atoms with van der Waals surface area (Å²) in [4.78, 5) is 22.6. The van der Waals surface area contributed by atoms with Crippen LogP contribution in [0.1, 0.15) is 38.5 Å². The Morgan fingerprint density at radius 1 is 1.25 bits per heavy atom. The van der Waals surface area contributed by atoms with E-state index < -0.39 is 11.5 Å². The van der Waals surface area contributed by atoms with Gasteiger partial charge in [0.25, 0.3) is 0 Å². The minimum atomic E-state index is -0.860. The monoisotopic (exact) mass is 226 g/mol. The van der Waals surface area contributed by atoms with Crippen LogP contribution in [0.15, 0.2) is 0 Å². The minimum Gasteiger partial charge on any atom is -0.480 e. The number of carboxylic acids is 1. The first-order valence-corrected chi connectivity index (χ1v) is 5.90. The van der Waals surface area contributed by atoms with E-state index in [1.165, 1.54) is 0 Å². The highest BCUT2D eigenvalue weighted by Crippen LogP contribution is 2.29. The van der Waals surface area contributed by atoms with Gasteiger partial charge in [-0.15, -0.1) is 0 Å². The van der Waals surface area contributed by atoms with E-state index in [4.69, 9.17) is 0 Å². The van der Waals surface area contributed by atoms with Crippen molar-refractivity contribution in [3.63, 3.8) is 0 Å². The van der Waals surface area contributed by atoms with Crippen molar-refractivity contribution in [2.24, 2.45) is 0 Å². The van der Waals surface area contributed by atoms with Crippen LogP contribution in [0.4, 0.5) is 0 Å². The molecular formula is C11H18N2O3. The van der Waals surface area contributed by atoms with Crippen molar-refractivity contribution in [2.45, 2.75) is 50.1 Å². The predicted octanol–water partition coefficient (Wildman–Crippen LogP) is 0.252. The quantitative estimate of drug-likeness (QED) is 0.628. The summed E-state index contributed by atoms with van der Waals surface area (Å²) >= 11 is 0. The lowest BCUT2D eigenvalue weighted by atomic mass is 9.98. The number of carbonyl (C=O) groups is 2. The molecule has 5 heteroatoms. The molecule has 0 aromatic heterocycles. The van der Waals surface area contributed by atoms with E-state index in [0.29, 0.717) is 18.9 Å². The lowest BCUT2D eigenvalue weighted by Gasteiger charge is -2.25. The Hall–Kier alpha value is -1.10. The van der Waals surface area contributed by atoms with E-state index in [1.807, 2.05) is 0 Å². The zero-order valence-corrected chi connectivity index (χ0v) is 9.29. The number of rotatable bonds is 5. The van der Waals surface area contributed by atoms with Gasteiger partial charge in [0.15, 0.2) is 0 Å². The van der Waals surface area contributed by atoms with E-state index in [0.717, 1.165) is 25.7 Å². The summed E-state index contributed by atoms with van der Waals surface area (Å²) in [6, 6.07) is 0.332. The van der Waals surface area contributed by atoms with Crippen molar-refractivity contribution < 1.29 is 14.7 Å². The van der Waals surface area contributed by atoms with Gasteiger partial charge >= 0.3 is 5.97 Å². The molecular weight excluding hydrogens is 208 g/mol. The second-order valence-electron chi connectivity index (χ2n) is 4.79. The van der Waals surface area contributed by atoms with Gasteiger partial charge in [-0.05, 0) is 25.7 Å². The smallest absolute Gasteiger partial charge is 0.323 e. The fraction of sp³-hybridized carbons (Fsp3) is 0.818. The molecule has 2 rings (SSSR count). The van der Waals surface area contributed by atoms with Crippen molar-refractivity contribution in [1.29, 1.82) is 0 Å². The molecule has 0 heterocycles. The van der Waals surface area contributed by atoms with Gasteiger partial charge in [-0.25, -0.2) is 0 Å². The van der Waals surface area contributed by atoms with Crippen LogP contribution in [0.5, 0.6) is 0 Å². The van der Waals surface area contributed by atoms with Crippen molar-refractivity contribution >= 4 is 11.9 Å². The number of nitrogens with one attached hydrogen (secondary N) is 2. The highest BCUT2D eigenvalue weighted by Gasteiger charge is 2.41. The van der Waals surface area contributed by atoms with E-state index in [-0.39, 0.29) is 12.5 Å². The summed E-state index contributed by atoms with van der Waals surface area (Å²) in [5.74, 6) is -0.917. The second-order valence-corrected chi connectivity index (χ2v) is 4.79. The largest absolute Gasteiger partial charge is 0.480 e. The highest BCUT2D eigenvalue weighted by molar-refractivity contribution is 5.82. The van der Waals surface area contributed by atoms with Crippen LogP contribution in [0.25, 0.3) is 0 Å². The number of carboxylic acid groups (broad SMARTS) is 1. The Kier molecular flexibility index (Phi) is 3.14. The Morgan fingerprint density at radius 2 is 1.88 bits per heavy atom. The average molecular weight is 226 g/mol. The Labute approximate surface area is 94.6 Å². The standard InChI is InChI=1S/C11H18N2O3/c14-9(13-8-3-4-8)7-12-11(10(15)16)5-1-2-6-11/h8,12H,1-7H2,(H,13,14)(H,15,16). The first-order valence-electron chi connectivity index (χ1n) is 5.90. The van der Waals surface area contributed by atoms with Gasteiger partial charge in [-0.3, -0.25) is 14.9 Å². The van der Waals surface area contributed by atoms with Crippen LogP contribution in [-0.2, 0) is 9.59 Å². The molecule has 2 fully saturated rings. The molecule has 0 radical (unpaired) electrons. The van der Waals surface area contributed by atoms with Gasteiger partial charge in [0.1, 0.15) is 5.54 Å². The van der Waals surface area contributed by atoms with Gasteiger partial charge in [0, 0.05) is 6.04 Å². The summed E-state index contributed by atoms with van der Waals surface area (Å²) in [6.45, 7) is 0.114. The van der Waals surface area contributed by atoms with Crippen molar-refractivity contribution in [3.8, 4) is 0 Å². The number of carbonyl (C=O) groups excluding carboxylic acids is 1. The molecule has 0 aliphatic heterocycles. The SMILES string of the molecule is O=C(CNC1(C(=O)O)CCCC1)NC1CC1. The van der Waals surface area contributed by atoms with Crippen molar-refractivity contribution in [2.75, 3.05) is 6.54 Å². The van der Waals surface area contributed by atoms with Crippen LogP contribution in [0, 0.1) is 0 Å². The zero-order chi connectivity index (χ0) is 11.6. The highest BCUT2D eigenvalue weighted by atomic mass is 16.4. The van der Waals surface area contributed by atoms with Gasteiger partial charge < -0.3 is 10.4 Å². The molecule has 5 nitrogen and oxygen atoms in total. The maximum absolute atomic E-state index is 11.4. The summed E-state index contributed by atoms with van der Waals surface area (Å²) in [5, 5.41) is 14.9. The van der Waals surface area contributed by atoms with Crippen LogP contribution in [0.2, 0.25) is 0 Å². The van der Waals surface area contributed by atoms with Gasteiger partial charge in [-0.1, -0.05) is 12.8 Å². The van der Waals surface area contributed by atoms with E-state index >= 15 is 0 Å². The average Bonchev–Trinajstić information content (AvgIpc) is 2.92. The second kappa shape index (κ2) is 4.41. The topological polar surface area (TPSA) is 78.4 Å². The van der Waals surface area contributed by atoms with E-state index in [2.05, 4.69) is 10.6 Å². The molecule has 0 bridgehead atoms. The van der Waals surface area contributed by atoms with Crippen molar-refractivity contribution in [3.05, 3.63) is 0 Å². The third-order valence-electron chi connectivity index (χ3n) is 3.40. The number of hydrogen-bond donors (Lipinski definition) is 3. The molecule has 1 amide bonds. The molecule has 2 saturated carbocycles. The third kappa shape index (κ3) is 2.52. The Morgan fingerprint density at radius 3 is 2.38 bits per heavy atom. The first kappa shape index (κ1) is 11.4. The zero-order valence-electron chi connectivity index (χ0n) is 9.29. The maximum Gasteiger partial charge on any atom is 0.323 e. The van der Waals surface area contributed by atoms with Crippen LogP contribution in [0.3, 0.4) is 0 Å². The molecule has 0 spiro atoms. The Balaban J connectivity index is 1.81. The summed E-state index contributed by atoms with van der Waals surface area (Å²) in [5.41, 5.74) is -0.860. The fourth-order valence-corrected chi connectivity index (χ4v) is 2.20. The molecule has 16 heavy (non-hydrogen) atoms. The number of hydrogen-bond acceptors (Lipinski definition) is 3. The maximum atomic E-state index is 11.4. The molecule has 2 aliphatic rings. The van der Waals surface area contributed by atoms with Crippen LogP contribution >= 0.6 is 0 Å². The molecule has 0 aromatic rings. The lowest BCUT2D eigenvalue weighted by molar-refractivity contribution is -0.144. The van der Waals surface area contributed by atoms with Crippen LogP contribution in [-0.4, -0.2) is 35.1 Å². The normalized spacial score (nSPS) is 23.0. The molecule has 0 unspecified atom stereocenters. The van der Waals surface area contributed by atoms with E-state index in [9.17, 15) is 14.7 Å². The molecule has 3 N–H and O–H groups in total. The first-order chi connectivity index (χ1) is 7.62. The summed E-state index contributed by atoms with van der Waals surface area (Å²) in [6.07, 6.45) is 5.19. The molecule has 0 atom stereocenters. The fourth-order valence-electron chi connectivity index (χ4n) is 2.20. The van der Waals surface area contributed by atoms with Gasteiger partial charge in [0.05, 0.1) is 6.54 Å². The van der Waals surface area contributed by atoms with Crippen molar-refractivity contribution in [1.82, 2.24) is 10.6 Å². The van der Waals surface area contributed by atoms with Gasteiger partial charge in [-0.2, -0.15) is 0 Å². The molecule has 90 valence electrons. The minimum absolute atomic E-state index is 0.0879. The summed E-state index contributed by atoms with van der Waals surface area (Å²) in [7, 11) is 0. The predicted molar refractivity (Wildman–Crippen MR) is 58.0 cm³/mol.